The molecular weight excluding hydrogens is 549 g/mol. The van der Waals surface area contributed by atoms with Crippen LogP contribution < -0.4 is 10.4 Å². The van der Waals surface area contributed by atoms with Crippen molar-refractivity contribution < 1.29 is 18.4 Å². The van der Waals surface area contributed by atoms with Gasteiger partial charge in [0, 0.05) is 23.2 Å². The first kappa shape index (κ1) is 36.8. The van der Waals surface area contributed by atoms with Gasteiger partial charge in [-0.05, 0) is 12.8 Å². The molecule has 0 bridgehead atoms. The maximum Gasteiger partial charge on any atom is 0.534 e. The summed E-state index contributed by atoms with van der Waals surface area (Å²) in [6.07, 6.45) is 24.9. The van der Waals surface area contributed by atoms with Gasteiger partial charge in [-0.3, -0.25) is 9.59 Å². The molecular formula is C38H60O4Si. The number of benzene rings is 2. The van der Waals surface area contributed by atoms with Gasteiger partial charge in [0.25, 0.3) is 11.9 Å². The molecule has 0 aliphatic carbocycles. The van der Waals surface area contributed by atoms with Gasteiger partial charge in [-0.2, -0.15) is 0 Å². The van der Waals surface area contributed by atoms with Crippen molar-refractivity contribution >= 4 is 30.9 Å². The second kappa shape index (κ2) is 24.0. The molecule has 0 saturated carbocycles. The predicted octanol–water partition coefficient (Wildman–Crippen LogP) is 9.95. The van der Waals surface area contributed by atoms with Crippen molar-refractivity contribution in [3.8, 4) is 0 Å². The molecule has 2 aromatic carbocycles. The van der Waals surface area contributed by atoms with E-state index in [1.165, 1.54) is 89.9 Å². The minimum atomic E-state index is -3.57. The van der Waals surface area contributed by atoms with Gasteiger partial charge in [0.2, 0.25) is 0 Å². The van der Waals surface area contributed by atoms with Gasteiger partial charge in [0.15, 0.2) is 0 Å². The van der Waals surface area contributed by atoms with E-state index in [2.05, 4.69) is 13.8 Å². The van der Waals surface area contributed by atoms with Crippen LogP contribution in [0.5, 0.6) is 0 Å². The molecule has 5 heteroatoms. The van der Waals surface area contributed by atoms with Crippen molar-refractivity contribution in [2.24, 2.45) is 0 Å². The van der Waals surface area contributed by atoms with Crippen LogP contribution >= 0.6 is 0 Å². The highest BCUT2D eigenvalue weighted by atomic mass is 28.4. The fraction of sp³-hybridized carbons (Fsp3) is 0.632. The standard InChI is InChI=1S/C38H60O4Si/c1-3-5-7-9-11-13-15-17-19-27-33-37(39)41-43(35-29-23-21-24-30-35,36-31-25-22-26-32-36)42-38(40)34-28-20-18-16-14-12-10-8-6-4-2/h21-26,29-32H,3-20,27-28,33-34H2,1-2H3. The lowest BCUT2D eigenvalue weighted by atomic mass is 10.1. The molecule has 0 unspecified atom stereocenters. The Hall–Kier alpha value is -2.40. The first-order valence-corrected chi connectivity index (χ1v) is 19.5. The molecule has 0 spiro atoms. The van der Waals surface area contributed by atoms with Crippen molar-refractivity contribution in [3.05, 3.63) is 60.7 Å². The maximum absolute atomic E-state index is 13.3. The summed E-state index contributed by atoms with van der Waals surface area (Å²) < 4.78 is 12.6. The van der Waals surface area contributed by atoms with E-state index in [9.17, 15) is 9.59 Å². The molecule has 0 heterocycles. The molecule has 240 valence electrons. The molecule has 0 aromatic heterocycles. The van der Waals surface area contributed by atoms with Crippen LogP contribution in [-0.4, -0.2) is 20.5 Å². The van der Waals surface area contributed by atoms with Gasteiger partial charge in [0.05, 0.1) is 0 Å². The van der Waals surface area contributed by atoms with Crippen molar-refractivity contribution in [1.82, 2.24) is 0 Å². The number of unbranched alkanes of at least 4 members (excludes halogenated alkanes) is 18. The SMILES string of the molecule is CCCCCCCCCCCCC(=O)O[Si](OC(=O)CCCCCCCCCCCC)(c1ccccc1)c1ccccc1. The van der Waals surface area contributed by atoms with Crippen molar-refractivity contribution in [2.75, 3.05) is 0 Å². The van der Waals surface area contributed by atoms with Gasteiger partial charge in [-0.1, -0.05) is 190 Å². The minimum Gasteiger partial charge on any atom is -0.478 e. The molecule has 2 rings (SSSR count). The van der Waals surface area contributed by atoms with Crippen LogP contribution in [-0.2, 0) is 18.4 Å². The van der Waals surface area contributed by atoms with E-state index in [1.807, 2.05) is 60.7 Å². The topological polar surface area (TPSA) is 52.6 Å². The summed E-state index contributed by atoms with van der Waals surface area (Å²) in [4.78, 5) is 26.6. The lowest BCUT2D eigenvalue weighted by Crippen LogP contribution is -2.65. The predicted molar refractivity (Wildman–Crippen MR) is 183 cm³/mol. The van der Waals surface area contributed by atoms with E-state index < -0.39 is 8.56 Å². The monoisotopic (exact) mass is 608 g/mol. The van der Waals surface area contributed by atoms with Crippen LogP contribution in [0.3, 0.4) is 0 Å². The zero-order chi connectivity index (χ0) is 30.9. The van der Waals surface area contributed by atoms with E-state index in [4.69, 9.17) is 8.85 Å². The Labute approximate surface area is 264 Å². The summed E-state index contributed by atoms with van der Waals surface area (Å²) in [5.74, 6) is -0.545. The third-order valence-corrected chi connectivity index (χ3v) is 11.5. The normalized spacial score (nSPS) is 11.4. The van der Waals surface area contributed by atoms with Crippen LogP contribution in [0.15, 0.2) is 60.7 Å². The number of carbonyl (C=O) groups excluding carboxylic acids is 2. The smallest absolute Gasteiger partial charge is 0.478 e. The summed E-state index contributed by atoms with van der Waals surface area (Å²) in [5, 5.41) is 1.57. The van der Waals surface area contributed by atoms with E-state index >= 15 is 0 Å². The first-order chi connectivity index (χ1) is 21.1. The average molecular weight is 609 g/mol. The zero-order valence-corrected chi connectivity index (χ0v) is 28.5. The molecule has 0 aliphatic rings. The maximum atomic E-state index is 13.3. The van der Waals surface area contributed by atoms with E-state index in [0.29, 0.717) is 12.8 Å². The molecule has 0 atom stereocenters. The van der Waals surface area contributed by atoms with Crippen molar-refractivity contribution in [2.45, 2.75) is 155 Å². The molecule has 2 aromatic rings. The Bertz CT molecular complexity index is 883. The Morgan fingerprint density at radius 1 is 0.442 bits per heavy atom. The van der Waals surface area contributed by atoms with E-state index in [0.717, 1.165) is 48.9 Å². The van der Waals surface area contributed by atoms with Gasteiger partial charge in [-0.25, -0.2) is 0 Å². The van der Waals surface area contributed by atoms with E-state index in [1.54, 1.807) is 0 Å². The Kier molecular flexibility index (Phi) is 20.5. The average Bonchev–Trinajstić information content (AvgIpc) is 3.03. The number of hydrogen-bond acceptors (Lipinski definition) is 4. The Morgan fingerprint density at radius 2 is 0.721 bits per heavy atom. The fourth-order valence-corrected chi connectivity index (χ4v) is 8.63. The van der Waals surface area contributed by atoms with Crippen LogP contribution in [0.1, 0.15) is 155 Å². The first-order valence-electron chi connectivity index (χ1n) is 17.7. The third kappa shape index (κ3) is 15.8. The molecule has 0 amide bonds. The highest BCUT2D eigenvalue weighted by Crippen LogP contribution is 2.17. The largest absolute Gasteiger partial charge is 0.534 e. The molecule has 43 heavy (non-hydrogen) atoms. The highest BCUT2D eigenvalue weighted by molar-refractivity contribution is 6.94. The lowest BCUT2D eigenvalue weighted by Gasteiger charge is -2.30. The van der Waals surface area contributed by atoms with Gasteiger partial charge >= 0.3 is 8.56 Å². The van der Waals surface area contributed by atoms with Crippen LogP contribution in [0, 0.1) is 0 Å². The van der Waals surface area contributed by atoms with E-state index in [-0.39, 0.29) is 11.9 Å². The summed E-state index contributed by atoms with van der Waals surface area (Å²) >= 11 is 0. The quantitative estimate of drug-likeness (QED) is 0.0788. The molecule has 0 radical (unpaired) electrons. The second-order valence-electron chi connectivity index (χ2n) is 12.2. The molecule has 0 fully saturated rings. The fourth-order valence-electron chi connectivity index (χ4n) is 5.67. The number of carbonyl (C=O) groups is 2. The Balaban J connectivity index is 1.92. The summed E-state index contributed by atoms with van der Waals surface area (Å²) in [6, 6.07) is 19.3. The summed E-state index contributed by atoms with van der Waals surface area (Å²) in [6.45, 7) is 4.50. The molecule has 4 nitrogen and oxygen atoms in total. The van der Waals surface area contributed by atoms with Crippen molar-refractivity contribution in [3.63, 3.8) is 0 Å². The molecule has 0 aliphatic heterocycles. The van der Waals surface area contributed by atoms with Gasteiger partial charge in [0.1, 0.15) is 0 Å². The van der Waals surface area contributed by atoms with Crippen LogP contribution in [0.2, 0.25) is 0 Å². The van der Waals surface area contributed by atoms with Gasteiger partial charge in [-0.15, -0.1) is 0 Å². The zero-order valence-electron chi connectivity index (χ0n) is 27.5. The number of rotatable bonds is 26. The Morgan fingerprint density at radius 3 is 1.02 bits per heavy atom. The lowest BCUT2D eigenvalue weighted by molar-refractivity contribution is -0.140. The second-order valence-corrected chi connectivity index (χ2v) is 15.0. The van der Waals surface area contributed by atoms with Crippen LogP contribution in [0.4, 0.5) is 0 Å². The number of hydrogen-bond donors (Lipinski definition) is 0. The van der Waals surface area contributed by atoms with Crippen LogP contribution in [0.25, 0.3) is 0 Å². The summed E-state index contributed by atoms with van der Waals surface area (Å²) in [5.41, 5.74) is 0. The highest BCUT2D eigenvalue weighted by Gasteiger charge is 2.49. The van der Waals surface area contributed by atoms with Crippen molar-refractivity contribution in [1.29, 1.82) is 0 Å². The van der Waals surface area contributed by atoms with Gasteiger partial charge < -0.3 is 8.85 Å². The molecule has 0 saturated heterocycles. The minimum absolute atomic E-state index is 0.273. The summed E-state index contributed by atoms with van der Waals surface area (Å²) in [7, 11) is -3.57. The third-order valence-electron chi connectivity index (χ3n) is 8.29. The molecule has 0 N–H and O–H groups in total.